The van der Waals surface area contributed by atoms with Crippen molar-refractivity contribution in [2.24, 2.45) is 0 Å². The molecule has 0 aromatic heterocycles. The Morgan fingerprint density at radius 2 is 1.86 bits per heavy atom. The van der Waals surface area contributed by atoms with Crippen molar-refractivity contribution in [3.63, 3.8) is 0 Å². The molecule has 0 saturated heterocycles. The van der Waals surface area contributed by atoms with E-state index in [9.17, 15) is 0 Å². The molecular weight excluding hydrogens is 278 g/mol. The summed E-state index contributed by atoms with van der Waals surface area (Å²) in [4.78, 5) is 0. The van der Waals surface area contributed by atoms with Gasteiger partial charge in [0.2, 0.25) is 0 Å². The van der Waals surface area contributed by atoms with Crippen LogP contribution in [0.15, 0.2) is 42.5 Å². The SMILES string of the molecule is CCNCC(Cc1ccc(C)c(C)c1)c1cccc(Cl)c1. The van der Waals surface area contributed by atoms with Crippen LogP contribution in [0.1, 0.15) is 35.1 Å². The Morgan fingerprint density at radius 3 is 2.52 bits per heavy atom. The molecule has 0 spiro atoms. The van der Waals surface area contributed by atoms with Gasteiger partial charge < -0.3 is 5.32 Å². The summed E-state index contributed by atoms with van der Waals surface area (Å²) < 4.78 is 0. The highest BCUT2D eigenvalue weighted by molar-refractivity contribution is 6.30. The lowest BCUT2D eigenvalue weighted by atomic mass is 9.90. The molecule has 2 aromatic carbocycles. The van der Waals surface area contributed by atoms with Crippen molar-refractivity contribution in [1.29, 1.82) is 0 Å². The van der Waals surface area contributed by atoms with Crippen LogP contribution < -0.4 is 5.32 Å². The van der Waals surface area contributed by atoms with Gasteiger partial charge in [-0.1, -0.05) is 48.9 Å². The van der Waals surface area contributed by atoms with Gasteiger partial charge in [0.15, 0.2) is 0 Å². The van der Waals surface area contributed by atoms with E-state index in [1.54, 1.807) is 0 Å². The van der Waals surface area contributed by atoms with E-state index in [4.69, 9.17) is 11.6 Å². The molecule has 0 amide bonds. The zero-order valence-corrected chi connectivity index (χ0v) is 13.9. The highest BCUT2D eigenvalue weighted by atomic mass is 35.5. The molecule has 1 nitrogen and oxygen atoms in total. The Bertz CT molecular complexity index is 592. The molecule has 21 heavy (non-hydrogen) atoms. The lowest BCUT2D eigenvalue weighted by molar-refractivity contribution is 0.595. The summed E-state index contributed by atoms with van der Waals surface area (Å²) in [5.74, 6) is 0.450. The van der Waals surface area contributed by atoms with E-state index in [0.717, 1.165) is 24.5 Å². The van der Waals surface area contributed by atoms with Crippen LogP contribution in [0.2, 0.25) is 5.02 Å². The van der Waals surface area contributed by atoms with Crippen molar-refractivity contribution in [2.75, 3.05) is 13.1 Å². The molecule has 0 radical (unpaired) electrons. The van der Waals surface area contributed by atoms with Crippen molar-refractivity contribution >= 4 is 11.6 Å². The number of rotatable bonds is 6. The first-order valence-electron chi connectivity index (χ1n) is 7.62. The molecular formula is C19H24ClN. The van der Waals surface area contributed by atoms with Gasteiger partial charge in [0.05, 0.1) is 0 Å². The molecule has 0 fully saturated rings. The molecule has 1 atom stereocenters. The van der Waals surface area contributed by atoms with E-state index < -0.39 is 0 Å². The Kier molecular flexibility index (Phi) is 5.84. The van der Waals surface area contributed by atoms with E-state index in [2.05, 4.69) is 56.4 Å². The molecule has 1 N–H and O–H groups in total. The molecule has 2 heteroatoms. The number of benzene rings is 2. The van der Waals surface area contributed by atoms with Crippen LogP contribution in [0, 0.1) is 13.8 Å². The van der Waals surface area contributed by atoms with Gasteiger partial charge in [0.25, 0.3) is 0 Å². The monoisotopic (exact) mass is 301 g/mol. The Morgan fingerprint density at radius 1 is 1.05 bits per heavy atom. The summed E-state index contributed by atoms with van der Waals surface area (Å²) >= 11 is 6.15. The van der Waals surface area contributed by atoms with Gasteiger partial charge in [0.1, 0.15) is 0 Å². The minimum absolute atomic E-state index is 0.450. The van der Waals surface area contributed by atoms with Crippen molar-refractivity contribution in [2.45, 2.75) is 33.1 Å². The standard InChI is InChI=1S/C19H24ClN/c1-4-21-13-18(17-6-5-7-19(20)12-17)11-16-9-8-14(2)15(3)10-16/h5-10,12,18,21H,4,11,13H2,1-3H3. The summed E-state index contributed by atoms with van der Waals surface area (Å²) in [6.07, 6.45) is 1.04. The molecule has 0 bridgehead atoms. The van der Waals surface area contributed by atoms with E-state index >= 15 is 0 Å². The van der Waals surface area contributed by atoms with Gasteiger partial charge in [-0.15, -0.1) is 0 Å². The fraction of sp³-hybridized carbons (Fsp3) is 0.368. The minimum Gasteiger partial charge on any atom is -0.316 e. The maximum atomic E-state index is 6.15. The van der Waals surface area contributed by atoms with Gasteiger partial charge in [-0.3, -0.25) is 0 Å². The molecule has 0 aliphatic heterocycles. The van der Waals surface area contributed by atoms with Crippen molar-refractivity contribution < 1.29 is 0 Å². The van der Waals surface area contributed by atoms with Crippen LogP contribution in [0.3, 0.4) is 0 Å². The summed E-state index contributed by atoms with van der Waals surface area (Å²) in [6, 6.07) is 15.0. The third-order valence-electron chi connectivity index (χ3n) is 4.01. The van der Waals surface area contributed by atoms with E-state index in [0.29, 0.717) is 5.92 Å². The Hall–Kier alpha value is -1.31. The molecule has 1 unspecified atom stereocenters. The lowest BCUT2D eigenvalue weighted by Gasteiger charge is -2.19. The first-order valence-corrected chi connectivity index (χ1v) is 8.00. The van der Waals surface area contributed by atoms with Gasteiger partial charge in [-0.2, -0.15) is 0 Å². The predicted molar refractivity (Wildman–Crippen MR) is 92.4 cm³/mol. The van der Waals surface area contributed by atoms with Crippen molar-refractivity contribution in [3.8, 4) is 0 Å². The highest BCUT2D eigenvalue weighted by Gasteiger charge is 2.13. The van der Waals surface area contributed by atoms with Crippen LogP contribution in [0.25, 0.3) is 0 Å². The number of likely N-dealkylation sites (N-methyl/N-ethyl adjacent to an activating group) is 1. The molecule has 112 valence electrons. The zero-order chi connectivity index (χ0) is 15.2. The Labute approximate surface area is 133 Å². The number of nitrogens with one attached hydrogen (secondary N) is 1. The molecule has 2 aromatic rings. The number of halogens is 1. The number of hydrogen-bond donors (Lipinski definition) is 1. The second-order valence-corrected chi connectivity index (χ2v) is 6.12. The first kappa shape index (κ1) is 16.1. The van der Waals surface area contributed by atoms with Crippen LogP contribution >= 0.6 is 11.6 Å². The van der Waals surface area contributed by atoms with E-state index in [-0.39, 0.29) is 0 Å². The molecule has 0 aliphatic carbocycles. The van der Waals surface area contributed by atoms with Crippen LogP contribution in [0.5, 0.6) is 0 Å². The van der Waals surface area contributed by atoms with E-state index in [1.807, 2.05) is 12.1 Å². The lowest BCUT2D eigenvalue weighted by Crippen LogP contribution is -2.22. The average Bonchev–Trinajstić information content (AvgIpc) is 2.47. The first-order chi connectivity index (χ1) is 10.1. The minimum atomic E-state index is 0.450. The molecule has 0 saturated carbocycles. The van der Waals surface area contributed by atoms with Gasteiger partial charge in [-0.05, 0) is 61.2 Å². The quantitative estimate of drug-likeness (QED) is 0.801. The zero-order valence-electron chi connectivity index (χ0n) is 13.1. The molecule has 0 aliphatic rings. The average molecular weight is 302 g/mol. The van der Waals surface area contributed by atoms with Crippen LogP contribution in [0.4, 0.5) is 0 Å². The summed E-state index contributed by atoms with van der Waals surface area (Å²) in [5.41, 5.74) is 5.41. The van der Waals surface area contributed by atoms with Crippen LogP contribution in [-0.4, -0.2) is 13.1 Å². The largest absolute Gasteiger partial charge is 0.316 e. The maximum absolute atomic E-state index is 6.15. The summed E-state index contributed by atoms with van der Waals surface area (Å²) in [6.45, 7) is 8.45. The maximum Gasteiger partial charge on any atom is 0.0408 e. The van der Waals surface area contributed by atoms with Gasteiger partial charge >= 0.3 is 0 Å². The molecule has 0 heterocycles. The third kappa shape index (κ3) is 4.59. The fourth-order valence-corrected chi connectivity index (χ4v) is 2.80. The second kappa shape index (κ2) is 7.63. The highest BCUT2D eigenvalue weighted by Crippen LogP contribution is 2.24. The van der Waals surface area contributed by atoms with Crippen molar-refractivity contribution in [3.05, 3.63) is 69.7 Å². The van der Waals surface area contributed by atoms with E-state index in [1.165, 1.54) is 22.3 Å². The number of aryl methyl sites for hydroxylation is 2. The third-order valence-corrected chi connectivity index (χ3v) is 4.25. The summed E-state index contributed by atoms with van der Waals surface area (Å²) in [7, 11) is 0. The smallest absolute Gasteiger partial charge is 0.0408 e. The Balaban J connectivity index is 2.21. The normalized spacial score (nSPS) is 12.4. The fourth-order valence-electron chi connectivity index (χ4n) is 2.60. The second-order valence-electron chi connectivity index (χ2n) is 5.68. The van der Waals surface area contributed by atoms with Crippen molar-refractivity contribution in [1.82, 2.24) is 5.32 Å². The topological polar surface area (TPSA) is 12.0 Å². The van der Waals surface area contributed by atoms with Gasteiger partial charge in [0, 0.05) is 17.5 Å². The summed E-state index contributed by atoms with van der Waals surface area (Å²) in [5, 5.41) is 4.28. The predicted octanol–water partition coefficient (Wildman–Crippen LogP) is 4.89. The number of hydrogen-bond acceptors (Lipinski definition) is 1. The van der Waals surface area contributed by atoms with Gasteiger partial charge in [-0.25, -0.2) is 0 Å². The van der Waals surface area contributed by atoms with Crippen LogP contribution in [-0.2, 0) is 6.42 Å². The molecule has 2 rings (SSSR count).